The average Bonchev–Trinajstić information content (AvgIpc) is 2.61. The van der Waals surface area contributed by atoms with Crippen LogP contribution >= 0.6 is 0 Å². The van der Waals surface area contributed by atoms with Gasteiger partial charge in [0.1, 0.15) is 17.2 Å². The molecular formula is C18H20N2O4. The number of phenols is 1. The third-order valence-corrected chi connectivity index (χ3v) is 3.20. The summed E-state index contributed by atoms with van der Waals surface area (Å²) in [5.74, 6) is 0.946. The fraction of sp³-hybridized carbons (Fsp3) is 0.222. The quantitative estimate of drug-likeness (QED) is 0.605. The van der Waals surface area contributed by atoms with Crippen molar-refractivity contribution in [2.45, 2.75) is 13.3 Å². The van der Waals surface area contributed by atoms with Crippen molar-refractivity contribution < 1.29 is 19.4 Å². The van der Waals surface area contributed by atoms with Crippen LogP contribution in [-0.2, 0) is 0 Å². The zero-order valence-electron chi connectivity index (χ0n) is 13.7. The molecule has 0 atom stereocenters. The zero-order chi connectivity index (χ0) is 17.4. The molecule has 0 aromatic heterocycles. The second-order valence-electron chi connectivity index (χ2n) is 5.00. The summed E-state index contributed by atoms with van der Waals surface area (Å²) in [6.45, 7) is 2.59. The molecule has 2 aromatic carbocycles. The molecule has 126 valence electrons. The molecule has 2 rings (SSSR count). The number of hydrazone groups is 1. The fourth-order valence-corrected chi connectivity index (χ4v) is 1.91. The van der Waals surface area contributed by atoms with Crippen LogP contribution < -0.4 is 14.9 Å². The first kappa shape index (κ1) is 17.3. The highest BCUT2D eigenvalue weighted by Gasteiger charge is 2.05. The van der Waals surface area contributed by atoms with Crippen molar-refractivity contribution in [1.82, 2.24) is 5.43 Å². The number of aromatic hydroxyl groups is 1. The van der Waals surface area contributed by atoms with Gasteiger partial charge in [0.05, 0.1) is 19.9 Å². The van der Waals surface area contributed by atoms with Crippen LogP contribution in [-0.4, -0.2) is 30.9 Å². The first-order valence-corrected chi connectivity index (χ1v) is 7.57. The minimum atomic E-state index is -0.351. The van der Waals surface area contributed by atoms with Gasteiger partial charge in [-0.2, -0.15) is 5.10 Å². The number of carbonyl (C=O) groups is 1. The Labute approximate surface area is 140 Å². The van der Waals surface area contributed by atoms with Crippen molar-refractivity contribution in [3.8, 4) is 17.2 Å². The van der Waals surface area contributed by atoms with Crippen molar-refractivity contribution in [1.29, 1.82) is 0 Å². The number of rotatable bonds is 7. The Morgan fingerprint density at radius 2 is 1.92 bits per heavy atom. The molecule has 24 heavy (non-hydrogen) atoms. The van der Waals surface area contributed by atoms with Crippen molar-refractivity contribution in [3.63, 3.8) is 0 Å². The van der Waals surface area contributed by atoms with E-state index in [1.165, 1.54) is 12.3 Å². The summed E-state index contributed by atoms with van der Waals surface area (Å²) in [6.07, 6.45) is 2.27. The monoisotopic (exact) mass is 328 g/mol. The van der Waals surface area contributed by atoms with Crippen LogP contribution in [0.2, 0.25) is 0 Å². The minimum absolute atomic E-state index is 0.0334. The number of nitrogens with zero attached hydrogens (tertiary/aromatic N) is 1. The van der Waals surface area contributed by atoms with Gasteiger partial charge in [-0.15, -0.1) is 0 Å². The van der Waals surface area contributed by atoms with Crippen LogP contribution in [0.1, 0.15) is 29.3 Å². The molecule has 0 aliphatic rings. The maximum Gasteiger partial charge on any atom is 0.271 e. The number of benzene rings is 2. The molecule has 0 heterocycles. The molecule has 0 unspecified atom stereocenters. The van der Waals surface area contributed by atoms with Crippen molar-refractivity contribution in [2.75, 3.05) is 13.7 Å². The molecule has 0 saturated carbocycles. The van der Waals surface area contributed by atoms with E-state index < -0.39 is 0 Å². The second-order valence-corrected chi connectivity index (χ2v) is 5.00. The van der Waals surface area contributed by atoms with Crippen LogP contribution in [0, 0.1) is 0 Å². The number of hydrogen-bond acceptors (Lipinski definition) is 5. The van der Waals surface area contributed by atoms with E-state index in [4.69, 9.17) is 9.47 Å². The summed E-state index contributed by atoms with van der Waals surface area (Å²) in [5.41, 5.74) is 3.35. The lowest BCUT2D eigenvalue weighted by molar-refractivity contribution is 0.0955. The van der Waals surface area contributed by atoms with Gasteiger partial charge in [0, 0.05) is 17.2 Å². The first-order chi connectivity index (χ1) is 11.6. The summed E-state index contributed by atoms with van der Waals surface area (Å²) >= 11 is 0. The summed E-state index contributed by atoms with van der Waals surface area (Å²) in [4.78, 5) is 11.9. The maximum atomic E-state index is 11.9. The molecule has 6 nitrogen and oxygen atoms in total. The number of amides is 1. The average molecular weight is 328 g/mol. The minimum Gasteiger partial charge on any atom is -0.507 e. The van der Waals surface area contributed by atoms with Gasteiger partial charge in [0.25, 0.3) is 5.91 Å². The maximum absolute atomic E-state index is 11.9. The van der Waals surface area contributed by atoms with Crippen LogP contribution in [0.3, 0.4) is 0 Å². The summed E-state index contributed by atoms with van der Waals surface area (Å²) in [6, 6.07) is 11.6. The Morgan fingerprint density at radius 1 is 1.21 bits per heavy atom. The first-order valence-electron chi connectivity index (χ1n) is 7.57. The Balaban J connectivity index is 1.96. The van der Waals surface area contributed by atoms with E-state index in [0.717, 1.165) is 6.42 Å². The molecular weight excluding hydrogens is 308 g/mol. The normalized spacial score (nSPS) is 10.6. The smallest absolute Gasteiger partial charge is 0.271 e. The van der Waals surface area contributed by atoms with Gasteiger partial charge in [-0.25, -0.2) is 5.43 Å². The van der Waals surface area contributed by atoms with Crippen LogP contribution in [0.4, 0.5) is 0 Å². The summed E-state index contributed by atoms with van der Waals surface area (Å²) in [7, 11) is 1.56. The van der Waals surface area contributed by atoms with Crippen molar-refractivity contribution >= 4 is 12.1 Å². The van der Waals surface area contributed by atoms with E-state index >= 15 is 0 Å². The highest BCUT2D eigenvalue weighted by molar-refractivity contribution is 5.95. The SMILES string of the molecule is CCCOc1ccc(/C=N/NC(=O)c2ccc(OC)cc2)c(O)c1. The summed E-state index contributed by atoms with van der Waals surface area (Å²) in [5, 5.41) is 13.8. The van der Waals surface area contributed by atoms with Gasteiger partial charge in [-0.3, -0.25) is 4.79 Å². The number of carbonyl (C=O) groups excluding carboxylic acids is 1. The molecule has 1 amide bonds. The molecule has 0 saturated heterocycles. The number of phenolic OH excluding ortho intramolecular Hbond substituents is 1. The molecule has 0 bridgehead atoms. The van der Waals surface area contributed by atoms with Crippen LogP contribution in [0.15, 0.2) is 47.6 Å². The van der Waals surface area contributed by atoms with Gasteiger partial charge >= 0.3 is 0 Å². The zero-order valence-corrected chi connectivity index (χ0v) is 13.7. The Bertz CT molecular complexity index is 711. The van der Waals surface area contributed by atoms with Gasteiger partial charge in [-0.05, 0) is 42.8 Å². The predicted octanol–water partition coefficient (Wildman–Crippen LogP) is 2.95. The number of methoxy groups -OCH3 is 1. The molecule has 2 N–H and O–H groups in total. The van der Waals surface area contributed by atoms with E-state index in [2.05, 4.69) is 10.5 Å². The topological polar surface area (TPSA) is 80.2 Å². The van der Waals surface area contributed by atoms with E-state index in [0.29, 0.717) is 29.2 Å². The van der Waals surface area contributed by atoms with Crippen molar-refractivity contribution in [2.24, 2.45) is 5.10 Å². The standard InChI is InChI=1S/C18H20N2O4/c1-3-10-24-16-9-6-14(17(21)11-16)12-19-20-18(22)13-4-7-15(23-2)8-5-13/h4-9,11-12,21H,3,10H2,1-2H3,(H,20,22)/b19-12+. The lowest BCUT2D eigenvalue weighted by Crippen LogP contribution is -2.17. The largest absolute Gasteiger partial charge is 0.507 e. The number of ether oxygens (including phenoxy) is 2. The second kappa shape index (κ2) is 8.57. The Hall–Kier alpha value is -3.02. The highest BCUT2D eigenvalue weighted by Crippen LogP contribution is 2.22. The van der Waals surface area contributed by atoms with Gasteiger partial charge < -0.3 is 14.6 Å². The van der Waals surface area contributed by atoms with Crippen molar-refractivity contribution in [3.05, 3.63) is 53.6 Å². The third-order valence-electron chi connectivity index (χ3n) is 3.20. The van der Waals surface area contributed by atoms with E-state index in [-0.39, 0.29) is 11.7 Å². The van der Waals surface area contributed by atoms with Gasteiger partial charge in [0.15, 0.2) is 0 Å². The molecule has 6 heteroatoms. The van der Waals surface area contributed by atoms with Crippen LogP contribution in [0.25, 0.3) is 0 Å². The molecule has 0 aliphatic heterocycles. The highest BCUT2D eigenvalue weighted by atomic mass is 16.5. The molecule has 0 aliphatic carbocycles. The van der Waals surface area contributed by atoms with Crippen LogP contribution in [0.5, 0.6) is 17.2 Å². The van der Waals surface area contributed by atoms with E-state index in [1.807, 2.05) is 6.92 Å². The molecule has 2 aromatic rings. The lowest BCUT2D eigenvalue weighted by atomic mass is 10.2. The van der Waals surface area contributed by atoms with Gasteiger partial charge in [-0.1, -0.05) is 6.92 Å². The van der Waals surface area contributed by atoms with E-state index in [1.54, 1.807) is 43.5 Å². The fourth-order valence-electron chi connectivity index (χ4n) is 1.91. The van der Waals surface area contributed by atoms with E-state index in [9.17, 15) is 9.90 Å². The Morgan fingerprint density at radius 3 is 2.54 bits per heavy atom. The molecule has 0 radical (unpaired) electrons. The predicted molar refractivity (Wildman–Crippen MR) is 91.9 cm³/mol. The number of hydrogen-bond donors (Lipinski definition) is 2. The lowest BCUT2D eigenvalue weighted by Gasteiger charge is -2.06. The summed E-state index contributed by atoms with van der Waals surface area (Å²) < 4.78 is 10.5. The molecule has 0 spiro atoms. The Kier molecular flexibility index (Phi) is 6.19. The van der Waals surface area contributed by atoms with Gasteiger partial charge in [0.2, 0.25) is 0 Å². The molecule has 0 fully saturated rings. The number of nitrogens with one attached hydrogen (secondary N) is 1. The third kappa shape index (κ3) is 4.74.